The summed E-state index contributed by atoms with van der Waals surface area (Å²) in [5, 5.41) is 3.61. The molecule has 3 heteroatoms. The second kappa shape index (κ2) is 5.53. The van der Waals surface area contributed by atoms with Crippen LogP contribution < -0.4 is 10.1 Å². The minimum absolute atomic E-state index is 0.274. The van der Waals surface area contributed by atoms with Crippen LogP contribution in [0.15, 0.2) is 36.5 Å². The topological polar surface area (TPSA) is 34.1 Å². The average molecular weight is 268 g/mol. The van der Waals surface area contributed by atoms with E-state index in [2.05, 4.69) is 35.4 Å². The van der Waals surface area contributed by atoms with Crippen molar-refractivity contribution in [2.75, 3.05) is 12.4 Å². The Morgan fingerprint density at radius 3 is 3.05 bits per heavy atom. The van der Waals surface area contributed by atoms with Gasteiger partial charge in [-0.1, -0.05) is 12.1 Å². The Bertz CT molecular complexity index is 610. The summed E-state index contributed by atoms with van der Waals surface area (Å²) in [6.07, 6.45) is 5.32. The van der Waals surface area contributed by atoms with Gasteiger partial charge in [0.25, 0.3) is 0 Å². The molecule has 0 fully saturated rings. The first-order valence-corrected chi connectivity index (χ1v) is 7.13. The highest BCUT2D eigenvalue weighted by atomic mass is 16.5. The number of nitrogens with one attached hydrogen (secondary N) is 1. The van der Waals surface area contributed by atoms with Crippen LogP contribution in [-0.4, -0.2) is 12.1 Å². The van der Waals surface area contributed by atoms with Crippen LogP contribution in [0, 0.1) is 6.92 Å². The number of hydrogen-bond acceptors (Lipinski definition) is 3. The lowest BCUT2D eigenvalue weighted by molar-refractivity contribution is 0.415. The molecule has 1 atom stereocenters. The molecular weight excluding hydrogens is 248 g/mol. The summed E-state index contributed by atoms with van der Waals surface area (Å²) in [6.45, 7) is 2.09. The average Bonchev–Trinajstić information content (AvgIpc) is 2.48. The number of hydrogen-bond donors (Lipinski definition) is 1. The number of fused-ring (bicyclic) bond motifs is 1. The molecule has 0 saturated heterocycles. The highest BCUT2D eigenvalue weighted by molar-refractivity contribution is 5.59. The Morgan fingerprint density at radius 2 is 2.20 bits per heavy atom. The van der Waals surface area contributed by atoms with E-state index >= 15 is 0 Å². The van der Waals surface area contributed by atoms with Gasteiger partial charge in [0.15, 0.2) is 0 Å². The summed E-state index contributed by atoms with van der Waals surface area (Å²) in [5.74, 6) is 0.888. The summed E-state index contributed by atoms with van der Waals surface area (Å²) in [5.41, 5.74) is 4.83. The van der Waals surface area contributed by atoms with Gasteiger partial charge in [-0.05, 0) is 55.5 Å². The molecule has 0 saturated carbocycles. The van der Waals surface area contributed by atoms with Crippen molar-refractivity contribution in [2.45, 2.75) is 32.2 Å². The molecule has 1 aromatic heterocycles. The lowest BCUT2D eigenvalue weighted by Gasteiger charge is -2.26. The molecule has 20 heavy (non-hydrogen) atoms. The molecule has 1 aliphatic rings. The monoisotopic (exact) mass is 268 g/mol. The SMILES string of the molecule is COc1ccc(C)cc1NC1CCCc2cccnc21. The third kappa shape index (κ3) is 2.48. The van der Waals surface area contributed by atoms with Crippen molar-refractivity contribution < 1.29 is 4.74 Å². The van der Waals surface area contributed by atoms with Crippen molar-refractivity contribution in [1.82, 2.24) is 4.98 Å². The van der Waals surface area contributed by atoms with Gasteiger partial charge in [-0.25, -0.2) is 0 Å². The van der Waals surface area contributed by atoms with Gasteiger partial charge in [-0.3, -0.25) is 4.98 Å². The van der Waals surface area contributed by atoms with E-state index in [9.17, 15) is 0 Å². The largest absolute Gasteiger partial charge is 0.495 e. The Hall–Kier alpha value is -2.03. The zero-order valence-electron chi connectivity index (χ0n) is 12.0. The van der Waals surface area contributed by atoms with Crippen LogP contribution in [0.4, 0.5) is 5.69 Å². The standard InChI is InChI=1S/C17H20N2O/c1-12-8-9-16(20-2)15(11-12)19-14-7-3-5-13-6-4-10-18-17(13)14/h4,6,8-11,14,19H,3,5,7H2,1-2H3. The molecule has 3 nitrogen and oxygen atoms in total. The smallest absolute Gasteiger partial charge is 0.141 e. The maximum absolute atomic E-state index is 5.45. The van der Waals surface area contributed by atoms with Gasteiger partial charge in [-0.2, -0.15) is 0 Å². The van der Waals surface area contributed by atoms with Gasteiger partial charge in [0.1, 0.15) is 5.75 Å². The van der Waals surface area contributed by atoms with Gasteiger partial charge >= 0.3 is 0 Å². The molecule has 1 aromatic carbocycles. The third-order valence-electron chi connectivity index (χ3n) is 3.88. The highest BCUT2D eigenvalue weighted by Gasteiger charge is 2.21. The normalized spacial score (nSPS) is 17.4. The molecule has 1 unspecified atom stereocenters. The Kier molecular flexibility index (Phi) is 3.59. The Morgan fingerprint density at radius 1 is 1.30 bits per heavy atom. The lowest BCUT2D eigenvalue weighted by atomic mass is 9.91. The number of aryl methyl sites for hydroxylation is 2. The van der Waals surface area contributed by atoms with Crippen LogP contribution in [0.5, 0.6) is 5.75 Å². The predicted molar refractivity (Wildman–Crippen MR) is 81.3 cm³/mol. The number of benzene rings is 1. The highest BCUT2D eigenvalue weighted by Crippen LogP contribution is 2.34. The van der Waals surface area contributed by atoms with E-state index in [0.717, 1.165) is 24.3 Å². The number of ether oxygens (including phenoxy) is 1. The van der Waals surface area contributed by atoms with Crippen LogP contribution in [0.1, 0.15) is 35.7 Å². The first-order chi connectivity index (χ1) is 9.78. The number of pyridine rings is 1. The predicted octanol–water partition coefficient (Wildman–Crippen LogP) is 3.89. The fourth-order valence-electron chi connectivity index (χ4n) is 2.87. The molecule has 0 bridgehead atoms. The quantitative estimate of drug-likeness (QED) is 0.917. The number of rotatable bonds is 3. The summed E-state index contributed by atoms with van der Waals surface area (Å²) in [6, 6.07) is 10.7. The van der Waals surface area contributed by atoms with Gasteiger partial charge < -0.3 is 10.1 Å². The van der Waals surface area contributed by atoms with Crippen molar-refractivity contribution >= 4 is 5.69 Å². The molecule has 2 aromatic rings. The Balaban J connectivity index is 1.91. The molecule has 0 amide bonds. The van der Waals surface area contributed by atoms with Crippen LogP contribution in [0.2, 0.25) is 0 Å². The maximum Gasteiger partial charge on any atom is 0.141 e. The molecule has 1 N–H and O–H groups in total. The number of nitrogens with zero attached hydrogens (tertiary/aromatic N) is 1. The van der Waals surface area contributed by atoms with E-state index in [0.29, 0.717) is 0 Å². The maximum atomic E-state index is 5.45. The van der Waals surface area contributed by atoms with Crippen molar-refractivity contribution in [3.63, 3.8) is 0 Å². The molecule has 1 aliphatic carbocycles. The lowest BCUT2D eigenvalue weighted by Crippen LogP contribution is -2.19. The zero-order valence-corrected chi connectivity index (χ0v) is 12.0. The second-order valence-corrected chi connectivity index (χ2v) is 5.34. The molecule has 0 radical (unpaired) electrons. The first-order valence-electron chi connectivity index (χ1n) is 7.13. The molecule has 0 spiro atoms. The van der Waals surface area contributed by atoms with E-state index in [1.54, 1.807) is 7.11 Å². The van der Waals surface area contributed by atoms with Crippen LogP contribution in [-0.2, 0) is 6.42 Å². The number of aromatic nitrogens is 1. The van der Waals surface area contributed by atoms with E-state index in [-0.39, 0.29) is 6.04 Å². The second-order valence-electron chi connectivity index (χ2n) is 5.34. The fourth-order valence-corrected chi connectivity index (χ4v) is 2.87. The summed E-state index contributed by atoms with van der Waals surface area (Å²) >= 11 is 0. The molecule has 0 aliphatic heterocycles. The van der Waals surface area contributed by atoms with Crippen molar-refractivity contribution in [3.8, 4) is 5.75 Å². The van der Waals surface area contributed by atoms with Crippen molar-refractivity contribution in [3.05, 3.63) is 53.3 Å². The van der Waals surface area contributed by atoms with Crippen LogP contribution in [0.3, 0.4) is 0 Å². The van der Waals surface area contributed by atoms with E-state index < -0.39 is 0 Å². The van der Waals surface area contributed by atoms with Gasteiger partial charge in [0.05, 0.1) is 24.5 Å². The van der Waals surface area contributed by atoms with Crippen molar-refractivity contribution in [2.24, 2.45) is 0 Å². The fraction of sp³-hybridized carbons (Fsp3) is 0.353. The van der Waals surface area contributed by atoms with Crippen LogP contribution in [0.25, 0.3) is 0 Å². The number of anilines is 1. The summed E-state index contributed by atoms with van der Waals surface area (Å²) in [4.78, 5) is 4.57. The minimum atomic E-state index is 0.274. The first kappa shape index (κ1) is 13.0. The van der Waals surface area contributed by atoms with Gasteiger partial charge in [0.2, 0.25) is 0 Å². The van der Waals surface area contributed by atoms with Crippen LogP contribution >= 0.6 is 0 Å². The van der Waals surface area contributed by atoms with Gasteiger partial charge in [0, 0.05) is 6.20 Å². The van der Waals surface area contributed by atoms with E-state index in [1.165, 1.54) is 23.2 Å². The zero-order chi connectivity index (χ0) is 13.9. The molecule has 104 valence electrons. The minimum Gasteiger partial charge on any atom is -0.495 e. The van der Waals surface area contributed by atoms with Gasteiger partial charge in [-0.15, -0.1) is 0 Å². The van der Waals surface area contributed by atoms with E-state index in [1.807, 2.05) is 18.3 Å². The van der Waals surface area contributed by atoms with Crippen molar-refractivity contribution in [1.29, 1.82) is 0 Å². The molecular formula is C17H20N2O. The Labute approximate surface area is 120 Å². The molecule has 1 heterocycles. The number of methoxy groups -OCH3 is 1. The van der Waals surface area contributed by atoms with E-state index in [4.69, 9.17) is 4.74 Å². The summed E-state index contributed by atoms with van der Waals surface area (Å²) in [7, 11) is 1.71. The summed E-state index contributed by atoms with van der Waals surface area (Å²) < 4.78 is 5.45. The third-order valence-corrected chi connectivity index (χ3v) is 3.88. The molecule has 3 rings (SSSR count).